The van der Waals surface area contributed by atoms with Crippen LogP contribution in [0.25, 0.3) is 0 Å². The predicted octanol–water partition coefficient (Wildman–Crippen LogP) is 3.28. The molecular formula is C16H32N2. The third-order valence-corrected chi connectivity index (χ3v) is 4.78. The van der Waals surface area contributed by atoms with E-state index in [1.165, 1.54) is 38.8 Å². The Morgan fingerprint density at radius 1 is 1.17 bits per heavy atom. The van der Waals surface area contributed by atoms with E-state index >= 15 is 0 Å². The quantitative estimate of drug-likeness (QED) is 0.811. The van der Waals surface area contributed by atoms with E-state index in [0.29, 0.717) is 11.5 Å². The van der Waals surface area contributed by atoms with Gasteiger partial charge in [-0.05, 0) is 38.0 Å². The van der Waals surface area contributed by atoms with E-state index in [2.05, 4.69) is 44.8 Å². The molecule has 0 spiro atoms. The van der Waals surface area contributed by atoms with Gasteiger partial charge in [-0.2, -0.15) is 0 Å². The molecule has 0 radical (unpaired) electrons. The molecule has 0 amide bonds. The van der Waals surface area contributed by atoms with Crippen LogP contribution in [0.4, 0.5) is 0 Å². The van der Waals surface area contributed by atoms with Crippen molar-refractivity contribution in [1.29, 1.82) is 0 Å². The maximum absolute atomic E-state index is 3.73. The van der Waals surface area contributed by atoms with Gasteiger partial charge in [0.2, 0.25) is 0 Å². The molecule has 0 aromatic rings. The largest absolute Gasteiger partial charge is 0.309 e. The van der Waals surface area contributed by atoms with E-state index in [0.717, 1.165) is 12.5 Å². The van der Waals surface area contributed by atoms with Crippen LogP contribution in [0.2, 0.25) is 0 Å². The molecule has 2 nitrogen and oxygen atoms in total. The zero-order chi connectivity index (χ0) is 13.4. The van der Waals surface area contributed by atoms with Crippen LogP contribution >= 0.6 is 0 Å². The number of nitrogens with zero attached hydrogens (tertiary/aromatic N) is 1. The topological polar surface area (TPSA) is 15.3 Å². The van der Waals surface area contributed by atoms with Gasteiger partial charge >= 0.3 is 0 Å². The lowest BCUT2D eigenvalue weighted by Gasteiger charge is -2.50. The molecule has 1 heterocycles. The molecule has 1 saturated carbocycles. The van der Waals surface area contributed by atoms with Crippen LogP contribution in [-0.2, 0) is 0 Å². The number of rotatable bonds is 2. The van der Waals surface area contributed by atoms with Crippen LogP contribution in [0.1, 0.15) is 60.3 Å². The van der Waals surface area contributed by atoms with Gasteiger partial charge in [0.1, 0.15) is 0 Å². The Kier molecular flexibility index (Phi) is 4.08. The van der Waals surface area contributed by atoms with Crippen LogP contribution in [0.15, 0.2) is 0 Å². The minimum absolute atomic E-state index is 0.278. The highest BCUT2D eigenvalue weighted by atomic mass is 15.3. The van der Waals surface area contributed by atoms with E-state index in [-0.39, 0.29) is 5.54 Å². The van der Waals surface area contributed by atoms with Crippen molar-refractivity contribution in [2.24, 2.45) is 11.3 Å². The van der Waals surface area contributed by atoms with E-state index in [4.69, 9.17) is 0 Å². The zero-order valence-corrected chi connectivity index (χ0v) is 13.1. The summed E-state index contributed by atoms with van der Waals surface area (Å²) in [4.78, 5) is 2.78. The average Bonchev–Trinajstić information content (AvgIpc) is 2.66. The van der Waals surface area contributed by atoms with Gasteiger partial charge in [-0.1, -0.05) is 33.6 Å². The van der Waals surface area contributed by atoms with Crippen molar-refractivity contribution in [2.45, 2.75) is 71.9 Å². The van der Waals surface area contributed by atoms with Crippen molar-refractivity contribution in [3.05, 3.63) is 0 Å². The fourth-order valence-corrected chi connectivity index (χ4v) is 3.75. The Hall–Kier alpha value is -0.0800. The van der Waals surface area contributed by atoms with E-state index in [9.17, 15) is 0 Å². The Balaban J connectivity index is 2.04. The average molecular weight is 252 g/mol. The molecule has 2 fully saturated rings. The maximum Gasteiger partial charge on any atom is 0.0270 e. The predicted molar refractivity (Wildman–Crippen MR) is 78.9 cm³/mol. The molecule has 0 aromatic carbocycles. The van der Waals surface area contributed by atoms with Crippen LogP contribution in [0.5, 0.6) is 0 Å². The second-order valence-corrected chi connectivity index (χ2v) is 8.23. The van der Waals surface area contributed by atoms with Gasteiger partial charge in [-0.3, -0.25) is 4.90 Å². The van der Waals surface area contributed by atoms with Gasteiger partial charge < -0.3 is 5.32 Å². The lowest BCUT2D eigenvalue weighted by atomic mass is 9.81. The fraction of sp³-hybridized carbons (Fsp3) is 1.00. The standard InChI is InChI=1S/C16H32N2/c1-15(2,3)14-10-17-16(4,5)12-18(14)11-13-8-6-7-9-13/h13-14,17H,6-12H2,1-5H3. The van der Waals surface area contributed by atoms with E-state index < -0.39 is 0 Å². The second kappa shape index (κ2) is 5.13. The summed E-state index contributed by atoms with van der Waals surface area (Å²) in [5, 5.41) is 3.73. The molecule has 0 bridgehead atoms. The Morgan fingerprint density at radius 3 is 2.33 bits per heavy atom. The van der Waals surface area contributed by atoms with Crippen molar-refractivity contribution in [2.75, 3.05) is 19.6 Å². The van der Waals surface area contributed by atoms with Crippen molar-refractivity contribution in [3.8, 4) is 0 Å². The first kappa shape index (κ1) is 14.3. The normalized spacial score (nSPS) is 30.8. The summed E-state index contributed by atoms with van der Waals surface area (Å²) in [6, 6.07) is 0.686. The van der Waals surface area contributed by atoms with Crippen LogP contribution in [0.3, 0.4) is 0 Å². The minimum atomic E-state index is 0.278. The Bertz CT molecular complexity index is 271. The first-order chi connectivity index (χ1) is 8.28. The molecule has 1 atom stereocenters. The monoisotopic (exact) mass is 252 g/mol. The van der Waals surface area contributed by atoms with Crippen molar-refractivity contribution >= 4 is 0 Å². The molecule has 1 unspecified atom stereocenters. The summed E-state index contributed by atoms with van der Waals surface area (Å²) in [6.45, 7) is 15.5. The number of hydrogen-bond donors (Lipinski definition) is 1. The molecule has 106 valence electrons. The minimum Gasteiger partial charge on any atom is -0.309 e. The highest BCUT2D eigenvalue weighted by Gasteiger charge is 2.39. The zero-order valence-electron chi connectivity index (χ0n) is 13.1. The molecule has 2 rings (SSSR count). The first-order valence-corrected chi connectivity index (χ1v) is 7.77. The summed E-state index contributed by atoms with van der Waals surface area (Å²) in [5.41, 5.74) is 0.655. The highest BCUT2D eigenvalue weighted by molar-refractivity contribution is 4.97. The molecule has 1 aliphatic carbocycles. The molecule has 2 aliphatic rings. The third kappa shape index (κ3) is 3.48. The summed E-state index contributed by atoms with van der Waals surface area (Å²) < 4.78 is 0. The number of nitrogens with one attached hydrogen (secondary N) is 1. The van der Waals surface area contributed by atoms with Gasteiger partial charge in [-0.25, -0.2) is 0 Å². The van der Waals surface area contributed by atoms with Crippen LogP contribution in [-0.4, -0.2) is 36.1 Å². The molecule has 1 saturated heterocycles. The summed E-state index contributed by atoms with van der Waals surface area (Å²) in [5.74, 6) is 0.962. The van der Waals surface area contributed by atoms with Gasteiger partial charge in [0.15, 0.2) is 0 Å². The van der Waals surface area contributed by atoms with Crippen molar-refractivity contribution in [1.82, 2.24) is 10.2 Å². The number of hydrogen-bond acceptors (Lipinski definition) is 2. The number of piperazine rings is 1. The maximum atomic E-state index is 3.73. The Labute approximate surface area is 114 Å². The van der Waals surface area contributed by atoms with Crippen molar-refractivity contribution < 1.29 is 0 Å². The molecular weight excluding hydrogens is 220 g/mol. The lowest BCUT2D eigenvalue weighted by Crippen LogP contribution is -2.65. The van der Waals surface area contributed by atoms with Gasteiger partial charge in [-0.15, -0.1) is 0 Å². The second-order valence-electron chi connectivity index (χ2n) is 8.23. The molecule has 2 heteroatoms. The summed E-state index contributed by atoms with van der Waals surface area (Å²) >= 11 is 0. The van der Waals surface area contributed by atoms with Crippen molar-refractivity contribution in [3.63, 3.8) is 0 Å². The molecule has 0 aromatic heterocycles. The fourth-order valence-electron chi connectivity index (χ4n) is 3.75. The van der Waals surface area contributed by atoms with Gasteiger partial charge in [0.25, 0.3) is 0 Å². The van der Waals surface area contributed by atoms with E-state index in [1.807, 2.05) is 0 Å². The highest BCUT2D eigenvalue weighted by Crippen LogP contribution is 2.32. The summed E-state index contributed by atoms with van der Waals surface area (Å²) in [6.07, 6.45) is 5.84. The van der Waals surface area contributed by atoms with Gasteiger partial charge in [0.05, 0.1) is 0 Å². The smallest absolute Gasteiger partial charge is 0.0270 e. The first-order valence-electron chi connectivity index (χ1n) is 7.77. The SMILES string of the molecule is CC1(C)CN(CC2CCCC2)C(C(C)(C)C)CN1. The lowest BCUT2D eigenvalue weighted by molar-refractivity contribution is 0.0225. The summed E-state index contributed by atoms with van der Waals surface area (Å²) in [7, 11) is 0. The van der Waals surface area contributed by atoms with Crippen LogP contribution in [0, 0.1) is 11.3 Å². The van der Waals surface area contributed by atoms with Gasteiger partial charge in [0, 0.05) is 31.2 Å². The Morgan fingerprint density at radius 2 is 1.78 bits per heavy atom. The molecule has 18 heavy (non-hydrogen) atoms. The van der Waals surface area contributed by atoms with Crippen LogP contribution < -0.4 is 5.32 Å². The molecule has 1 aliphatic heterocycles. The van der Waals surface area contributed by atoms with E-state index in [1.54, 1.807) is 0 Å². The third-order valence-electron chi connectivity index (χ3n) is 4.78. The molecule has 1 N–H and O–H groups in total.